The van der Waals surface area contributed by atoms with Crippen molar-refractivity contribution in [1.29, 1.82) is 0 Å². The van der Waals surface area contributed by atoms with Gasteiger partial charge >= 0.3 is 0 Å². The number of hydrogen-bond acceptors (Lipinski definition) is 4. The van der Waals surface area contributed by atoms with E-state index in [4.69, 9.17) is 16.1 Å². The number of halogens is 2. The molecule has 0 saturated carbocycles. The molecule has 72 valence electrons. The maximum atomic E-state index is 5.53. The molecule has 0 radical (unpaired) electrons. The van der Waals surface area contributed by atoms with Gasteiger partial charge in [-0.15, -0.1) is 11.6 Å². The third-order valence-corrected chi connectivity index (χ3v) is 2.20. The molecule has 0 aliphatic carbocycles. The van der Waals surface area contributed by atoms with Crippen LogP contribution in [0.15, 0.2) is 27.3 Å². The van der Waals surface area contributed by atoms with Crippen LogP contribution in [0.5, 0.6) is 0 Å². The van der Waals surface area contributed by atoms with E-state index in [1.807, 2.05) is 12.1 Å². The molecular formula is C8H5BrClN3O. The number of pyridine rings is 1. The number of hydrogen-bond donors (Lipinski definition) is 0. The van der Waals surface area contributed by atoms with Gasteiger partial charge in [-0.1, -0.05) is 11.2 Å². The Bertz CT molecular complexity index is 446. The third-order valence-electron chi connectivity index (χ3n) is 1.53. The lowest BCUT2D eigenvalue weighted by Gasteiger charge is -1.92. The van der Waals surface area contributed by atoms with Gasteiger partial charge in [0.2, 0.25) is 11.7 Å². The molecule has 0 atom stereocenters. The largest absolute Gasteiger partial charge is 0.338 e. The van der Waals surface area contributed by atoms with Gasteiger partial charge in [-0.05, 0) is 28.1 Å². The second-order valence-corrected chi connectivity index (χ2v) is 3.57. The molecule has 2 rings (SSSR count). The van der Waals surface area contributed by atoms with Gasteiger partial charge in [0.05, 0.1) is 0 Å². The lowest BCUT2D eigenvalue weighted by Crippen LogP contribution is -1.86. The summed E-state index contributed by atoms with van der Waals surface area (Å²) < 4.78 is 5.59. The predicted octanol–water partition coefficient (Wildman–Crippen LogP) is 2.63. The van der Waals surface area contributed by atoms with Crippen molar-refractivity contribution in [2.45, 2.75) is 5.88 Å². The molecule has 0 spiro atoms. The third kappa shape index (κ3) is 1.93. The Kier molecular flexibility index (Phi) is 2.79. The van der Waals surface area contributed by atoms with Crippen molar-refractivity contribution >= 4 is 27.5 Å². The highest BCUT2D eigenvalue weighted by Crippen LogP contribution is 2.16. The maximum absolute atomic E-state index is 5.53. The summed E-state index contributed by atoms with van der Waals surface area (Å²) in [6.07, 6.45) is 0. The first kappa shape index (κ1) is 9.61. The monoisotopic (exact) mass is 273 g/mol. The first-order chi connectivity index (χ1) is 6.79. The summed E-state index contributed by atoms with van der Waals surface area (Å²) in [6.45, 7) is 0. The SMILES string of the molecule is ClCc1nc(-c2cccc(Br)n2)no1. The molecule has 0 amide bonds. The molecular weight excluding hydrogens is 269 g/mol. The molecule has 0 aliphatic rings. The van der Waals surface area contributed by atoms with E-state index in [0.717, 1.165) is 4.60 Å². The van der Waals surface area contributed by atoms with E-state index >= 15 is 0 Å². The number of rotatable bonds is 2. The molecule has 0 N–H and O–H groups in total. The summed E-state index contributed by atoms with van der Waals surface area (Å²) in [5, 5.41) is 3.74. The smallest absolute Gasteiger partial charge is 0.241 e. The van der Waals surface area contributed by atoms with Crippen molar-refractivity contribution < 1.29 is 4.52 Å². The van der Waals surface area contributed by atoms with Crippen LogP contribution in [0.25, 0.3) is 11.5 Å². The van der Waals surface area contributed by atoms with Crippen LogP contribution in [-0.2, 0) is 5.88 Å². The van der Waals surface area contributed by atoms with Crippen LogP contribution in [0.4, 0.5) is 0 Å². The Morgan fingerprint density at radius 2 is 2.21 bits per heavy atom. The fourth-order valence-electron chi connectivity index (χ4n) is 0.946. The lowest BCUT2D eigenvalue weighted by atomic mass is 10.3. The lowest BCUT2D eigenvalue weighted by molar-refractivity contribution is 0.391. The zero-order valence-corrected chi connectivity index (χ0v) is 9.29. The highest BCUT2D eigenvalue weighted by molar-refractivity contribution is 9.10. The Labute approximate surface area is 93.4 Å². The molecule has 6 heteroatoms. The molecule has 0 saturated heterocycles. The quantitative estimate of drug-likeness (QED) is 0.624. The molecule has 2 heterocycles. The summed E-state index contributed by atoms with van der Waals surface area (Å²) in [6, 6.07) is 5.48. The van der Waals surface area contributed by atoms with E-state index in [1.54, 1.807) is 6.07 Å². The maximum Gasteiger partial charge on any atom is 0.241 e. The molecule has 0 aromatic carbocycles. The zero-order valence-electron chi connectivity index (χ0n) is 6.94. The molecule has 14 heavy (non-hydrogen) atoms. The van der Waals surface area contributed by atoms with Gasteiger partial charge in [0.15, 0.2) is 0 Å². The number of aromatic nitrogens is 3. The topological polar surface area (TPSA) is 51.8 Å². The molecule has 2 aromatic rings. The minimum absolute atomic E-state index is 0.209. The van der Waals surface area contributed by atoms with Crippen LogP contribution in [0, 0.1) is 0 Å². The van der Waals surface area contributed by atoms with Gasteiger partial charge in [-0.2, -0.15) is 4.98 Å². The molecule has 0 fully saturated rings. The molecule has 4 nitrogen and oxygen atoms in total. The van der Waals surface area contributed by atoms with Crippen molar-refractivity contribution in [2.24, 2.45) is 0 Å². The number of nitrogens with zero attached hydrogens (tertiary/aromatic N) is 3. The number of alkyl halides is 1. The van der Waals surface area contributed by atoms with Gasteiger partial charge in [0.25, 0.3) is 0 Å². The Morgan fingerprint density at radius 1 is 1.36 bits per heavy atom. The molecule has 0 aliphatic heterocycles. The van der Waals surface area contributed by atoms with Crippen LogP contribution < -0.4 is 0 Å². The molecule has 0 unspecified atom stereocenters. The fourth-order valence-corrected chi connectivity index (χ4v) is 1.40. The standard InChI is InChI=1S/C8H5BrClN3O/c9-6-3-1-2-5(11-6)8-12-7(4-10)14-13-8/h1-3H,4H2. The minimum atomic E-state index is 0.209. The van der Waals surface area contributed by atoms with Gasteiger partial charge in [-0.25, -0.2) is 4.98 Å². The normalized spacial score (nSPS) is 10.4. The van der Waals surface area contributed by atoms with Gasteiger partial charge in [0.1, 0.15) is 16.2 Å². The Hall–Kier alpha value is -0.940. The Balaban J connectivity index is 2.39. The fraction of sp³-hybridized carbons (Fsp3) is 0.125. The summed E-state index contributed by atoms with van der Waals surface area (Å²) in [7, 11) is 0. The van der Waals surface area contributed by atoms with E-state index in [2.05, 4.69) is 31.1 Å². The average molecular weight is 275 g/mol. The molecule has 0 bridgehead atoms. The average Bonchev–Trinajstić information content (AvgIpc) is 2.66. The van der Waals surface area contributed by atoms with E-state index < -0.39 is 0 Å². The van der Waals surface area contributed by atoms with Crippen LogP contribution in [0.2, 0.25) is 0 Å². The van der Waals surface area contributed by atoms with Crippen molar-refractivity contribution in [3.63, 3.8) is 0 Å². The first-order valence-corrected chi connectivity index (χ1v) is 5.14. The van der Waals surface area contributed by atoms with Crippen LogP contribution in [-0.4, -0.2) is 15.1 Å². The zero-order chi connectivity index (χ0) is 9.97. The second kappa shape index (κ2) is 4.06. The van der Waals surface area contributed by atoms with Gasteiger partial charge in [0, 0.05) is 0 Å². The second-order valence-electron chi connectivity index (χ2n) is 2.49. The van der Waals surface area contributed by atoms with E-state index in [1.165, 1.54) is 0 Å². The summed E-state index contributed by atoms with van der Waals surface area (Å²) in [5.41, 5.74) is 0.652. The van der Waals surface area contributed by atoms with Crippen molar-refractivity contribution in [3.8, 4) is 11.5 Å². The highest BCUT2D eigenvalue weighted by Gasteiger charge is 2.08. The first-order valence-electron chi connectivity index (χ1n) is 3.81. The van der Waals surface area contributed by atoms with E-state index in [0.29, 0.717) is 17.4 Å². The van der Waals surface area contributed by atoms with E-state index in [9.17, 15) is 0 Å². The van der Waals surface area contributed by atoms with Crippen molar-refractivity contribution in [3.05, 3.63) is 28.7 Å². The minimum Gasteiger partial charge on any atom is -0.338 e. The van der Waals surface area contributed by atoms with Crippen LogP contribution in [0.3, 0.4) is 0 Å². The predicted molar refractivity (Wildman–Crippen MR) is 54.8 cm³/mol. The summed E-state index contributed by atoms with van der Waals surface area (Å²) >= 11 is 8.79. The summed E-state index contributed by atoms with van der Waals surface area (Å²) in [4.78, 5) is 8.23. The molecule has 2 aromatic heterocycles. The Morgan fingerprint density at radius 3 is 2.86 bits per heavy atom. The van der Waals surface area contributed by atoms with Crippen molar-refractivity contribution in [2.75, 3.05) is 0 Å². The van der Waals surface area contributed by atoms with Gasteiger partial charge < -0.3 is 4.52 Å². The van der Waals surface area contributed by atoms with Crippen molar-refractivity contribution in [1.82, 2.24) is 15.1 Å². The van der Waals surface area contributed by atoms with E-state index in [-0.39, 0.29) is 5.88 Å². The van der Waals surface area contributed by atoms with Crippen LogP contribution in [0.1, 0.15) is 5.89 Å². The summed E-state index contributed by atoms with van der Waals surface area (Å²) in [5.74, 6) is 1.05. The van der Waals surface area contributed by atoms with Gasteiger partial charge in [-0.3, -0.25) is 0 Å². The van der Waals surface area contributed by atoms with Crippen LogP contribution >= 0.6 is 27.5 Å². The highest BCUT2D eigenvalue weighted by atomic mass is 79.9.